The molecule has 0 saturated heterocycles. The number of guanidine groups is 1. The van der Waals surface area contributed by atoms with E-state index < -0.39 is 83.8 Å². The van der Waals surface area contributed by atoms with Crippen LogP contribution in [0.3, 0.4) is 0 Å². The Balaban J connectivity index is 6.08. The van der Waals surface area contributed by atoms with Crippen LogP contribution in [0.4, 0.5) is 0 Å². The number of nitrogens with two attached hydrogens (primary N) is 5. The summed E-state index contributed by atoms with van der Waals surface area (Å²) in [6.07, 6.45) is 0.0174. The van der Waals surface area contributed by atoms with E-state index in [1.165, 1.54) is 13.8 Å². The zero-order chi connectivity index (χ0) is 39.1. The molecule has 5 amide bonds. The van der Waals surface area contributed by atoms with Crippen molar-refractivity contribution in [1.82, 2.24) is 26.6 Å². The number of nitrogens with one attached hydrogen (secondary N) is 5. The highest BCUT2D eigenvalue weighted by Crippen LogP contribution is 2.08. The number of hydrogen-bond acceptors (Lipinski definition) is 12. The molecule has 21 nitrogen and oxygen atoms in total. The minimum Gasteiger partial charge on any atom is -0.481 e. The molecule has 7 atom stereocenters. The zero-order valence-corrected chi connectivity index (χ0v) is 29.3. The molecule has 0 rings (SSSR count). The van der Waals surface area contributed by atoms with Crippen molar-refractivity contribution >= 4 is 47.4 Å². The standard InChI is InChI=1S/C30H57N11O10/c1-16(29(50)51)37-25(46)21(10-7-15-36-30(34)35)40-28(49)23(17(2)42)41-27(48)20(9-4-6-14-32)39-26(47)19(8-3-5-13-31)38-24(45)18(33)11-12-22(43)44/h16-21,23,42H,3-15,31-33H2,1-2H3,(H,37,46)(H,38,45)(H,39,47)(H,40,49)(H,41,48)(H,43,44)(H,50,51)(H4,34,35,36)/t16-,17+,18-,19-,20-,21-,23-/m0/s1. The number of aliphatic hydroxyl groups excluding tert-OH is 1. The molecule has 0 aliphatic rings. The minimum absolute atomic E-state index is 0.0455. The molecule has 0 bridgehead atoms. The van der Waals surface area contributed by atoms with Crippen LogP contribution in [0.25, 0.3) is 0 Å². The molecule has 0 aromatic rings. The van der Waals surface area contributed by atoms with Crippen LogP contribution in [0.2, 0.25) is 0 Å². The highest BCUT2D eigenvalue weighted by Gasteiger charge is 2.34. The molecule has 0 radical (unpaired) electrons. The molecule has 0 fully saturated rings. The molecule has 21 heteroatoms. The van der Waals surface area contributed by atoms with Crippen molar-refractivity contribution in [3.63, 3.8) is 0 Å². The van der Waals surface area contributed by atoms with Crippen LogP contribution in [-0.4, -0.2) is 125 Å². The second-order valence-corrected chi connectivity index (χ2v) is 12.0. The van der Waals surface area contributed by atoms with Crippen LogP contribution in [-0.2, 0) is 33.6 Å². The predicted molar refractivity (Wildman–Crippen MR) is 185 cm³/mol. The summed E-state index contributed by atoms with van der Waals surface area (Å²) in [6, 6.07) is -7.92. The molecule has 0 spiro atoms. The summed E-state index contributed by atoms with van der Waals surface area (Å²) in [5, 5.41) is 40.8. The van der Waals surface area contributed by atoms with Gasteiger partial charge in [-0.05, 0) is 84.7 Å². The van der Waals surface area contributed by atoms with Crippen LogP contribution in [0, 0.1) is 0 Å². The van der Waals surface area contributed by atoms with Gasteiger partial charge >= 0.3 is 11.9 Å². The third-order valence-electron chi connectivity index (χ3n) is 7.54. The molecule has 0 unspecified atom stereocenters. The maximum Gasteiger partial charge on any atom is 0.325 e. The molecule has 0 aromatic heterocycles. The lowest BCUT2D eigenvalue weighted by atomic mass is 10.0. The van der Waals surface area contributed by atoms with E-state index in [-0.39, 0.29) is 57.6 Å². The molecule has 51 heavy (non-hydrogen) atoms. The minimum atomic E-state index is -1.64. The molecule has 0 aliphatic heterocycles. The van der Waals surface area contributed by atoms with Crippen LogP contribution in [0.5, 0.6) is 0 Å². The molecule has 0 saturated carbocycles. The lowest BCUT2D eigenvalue weighted by molar-refractivity contribution is -0.142. The van der Waals surface area contributed by atoms with Gasteiger partial charge in [0, 0.05) is 13.0 Å². The maximum atomic E-state index is 13.6. The fourth-order valence-electron chi connectivity index (χ4n) is 4.55. The first-order chi connectivity index (χ1) is 23.9. The van der Waals surface area contributed by atoms with E-state index in [1.807, 2.05) is 0 Å². The predicted octanol–water partition coefficient (Wildman–Crippen LogP) is -4.60. The topological polar surface area (TPSA) is 383 Å². The Bertz CT molecular complexity index is 1180. The van der Waals surface area contributed by atoms with Crippen molar-refractivity contribution in [2.45, 2.75) is 120 Å². The van der Waals surface area contributed by atoms with Gasteiger partial charge in [-0.2, -0.15) is 0 Å². The number of hydrogen-bond donors (Lipinski definition) is 13. The Labute approximate surface area is 296 Å². The highest BCUT2D eigenvalue weighted by atomic mass is 16.4. The van der Waals surface area contributed by atoms with Crippen molar-refractivity contribution in [2.75, 3.05) is 19.6 Å². The number of carbonyl (C=O) groups excluding carboxylic acids is 5. The van der Waals surface area contributed by atoms with E-state index in [2.05, 4.69) is 31.6 Å². The number of aliphatic carboxylic acids is 2. The molecular formula is C30H57N11O10. The lowest BCUT2D eigenvalue weighted by Gasteiger charge is -2.28. The largest absolute Gasteiger partial charge is 0.481 e. The van der Waals surface area contributed by atoms with Gasteiger partial charge in [-0.25, -0.2) is 0 Å². The number of rotatable bonds is 27. The van der Waals surface area contributed by atoms with Crippen molar-refractivity contribution in [3.8, 4) is 0 Å². The zero-order valence-electron chi connectivity index (χ0n) is 29.3. The average molecular weight is 732 g/mol. The number of carbonyl (C=O) groups is 7. The molecular weight excluding hydrogens is 674 g/mol. The number of aliphatic imine (C=N–C) groups is 1. The van der Waals surface area contributed by atoms with E-state index in [0.29, 0.717) is 32.2 Å². The lowest BCUT2D eigenvalue weighted by Crippen LogP contribution is -2.61. The molecule has 0 aromatic carbocycles. The quantitative estimate of drug-likeness (QED) is 0.0215. The van der Waals surface area contributed by atoms with Crippen LogP contribution in [0.1, 0.15) is 78.1 Å². The first-order valence-electron chi connectivity index (χ1n) is 16.8. The summed E-state index contributed by atoms with van der Waals surface area (Å²) < 4.78 is 0. The Hall–Kier alpha value is -4.60. The summed E-state index contributed by atoms with van der Waals surface area (Å²) in [4.78, 5) is 92.0. The van der Waals surface area contributed by atoms with E-state index in [4.69, 9.17) is 33.8 Å². The number of nitrogens with zero attached hydrogens (tertiary/aromatic N) is 1. The van der Waals surface area contributed by atoms with Gasteiger partial charge < -0.3 is 70.6 Å². The molecule has 0 heterocycles. The normalized spacial score (nSPS) is 15.0. The Morgan fingerprint density at radius 3 is 1.53 bits per heavy atom. The maximum absolute atomic E-state index is 13.6. The molecule has 18 N–H and O–H groups in total. The van der Waals surface area contributed by atoms with Crippen LogP contribution in [0.15, 0.2) is 4.99 Å². The Morgan fingerprint density at radius 1 is 0.627 bits per heavy atom. The van der Waals surface area contributed by atoms with Gasteiger partial charge in [-0.3, -0.25) is 38.6 Å². The van der Waals surface area contributed by atoms with Gasteiger partial charge in [0.1, 0.15) is 30.2 Å². The number of aliphatic hydroxyl groups is 1. The highest BCUT2D eigenvalue weighted by molar-refractivity contribution is 5.96. The van der Waals surface area contributed by atoms with Crippen LogP contribution < -0.4 is 55.3 Å². The second kappa shape index (κ2) is 25.4. The van der Waals surface area contributed by atoms with E-state index in [9.17, 15) is 43.8 Å². The second-order valence-electron chi connectivity index (χ2n) is 12.0. The van der Waals surface area contributed by atoms with Crippen molar-refractivity contribution in [1.29, 1.82) is 0 Å². The fourth-order valence-corrected chi connectivity index (χ4v) is 4.55. The fraction of sp³-hybridized carbons (Fsp3) is 0.733. The Morgan fingerprint density at radius 2 is 1.08 bits per heavy atom. The van der Waals surface area contributed by atoms with Crippen molar-refractivity contribution in [2.24, 2.45) is 33.7 Å². The van der Waals surface area contributed by atoms with Crippen LogP contribution >= 0.6 is 0 Å². The summed E-state index contributed by atoms with van der Waals surface area (Å²) in [5.41, 5.74) is 27.6. The number of unbranched alkanes of at least 4 members (excludes halogenated alkanes) is 2. The molecule has 0 aliphatic carbocycles. The van der Waals surface area contributed by atoms with Gasteiger partial charge in [0.15, 0.2) is 5.96 Å². The SMILES string of the molecule is C[C@H](NC(=O)[C@H](CCCN=C(N)N)NC(=O)[C@@H](NC(=O)[C@H](CCCCN)NC(=O)[C@H](CCCCN)NC(=O)[C@@H](N)CCC(=O)O)[C@@H](C)O)C(=O)O. The monoisotopic (exact) mass is 731 g/mol. The third kappa shape index (κ3) is 20.0. The van der Waals surface area contributed by atoms with Gasteiger partial charge in [0.2, 0.25) is 29.5 Å². The summed E-state index contributed by atoms with van der Waals surface area (Å²) in [5.74, 6) is -6.93. The summed E-state index contributed by atoms with van der Waals surface area (Å²) in [6.45, 7) is 3.10. The average Bonchev–Trinajstić information content (AvgIpc) is 3.05. The van der Waals surface area contributed by atoms with E-state index in [0.717, 1.165) is 0 Å². The van der Waals surface area contributed by atoms with Crippen molar-refractivity contribution < 1.29 is 48.9 Å². The van der Waals surface area contributed by atoms with Gasteiger partial charge in [0.25, 0.3) is 0 Å². The van der Waals surface area contributed by atoms with Crippen molar-refractivity contribution in [3.05, 3.63) is 0 Å². The van der Waals surface area contributed by atoms with E-state index in [1.54, 1.807) is 0 Å². The number of carboxylic acids is 2. The Kier molecular flexibility index (Phi) is 23.1. The number of amides is 5. The summed E-state index contributed by atoms with van der Waals surface area (Å²) >= 11 is 0. The summed E-state index contributed by atoms with van der Waals surface area (Å²) in [7, 11) is 0. The first kappa shape index (κ1) is 46.4. The third-order valence-corrected chi connectivity index (χ3v) is 7.54. The number of carboxylic acid groups (broad SMARTS) is 2. The van der Waals surface area contributed by atoms with Gasteiger partial charge in [-0.15, -0.1) is 0 Å². The molecule has 292 valence electrons. The van der Waals surface area contributed by atoms with E-state index >= 15 is 0 Å². The smallest absolute Gasteiger partial charge is 0.325 e. The van der Waals surface area contributed by atoms with Gasteiger partial charge in [-0.1, -0.05) is 0 Å². The first-order valence-corrected chi connectivity index (χ1v) is 16.8. The van der Waals surface area contributed by atoms with Gasteiger partial charge in [0.05, 0.1) is 12.1 Å².